The Labute approximate surface area is 141 Å². The Bertz CT molecular complexity index is 718. The monoisotopic (exact) mass is 327 g/mol. The first-order chi connectivity index (χ1) is 11.5. The van der Waals surface area contributed by atoms with Gasteiger partial charge in [0.15, 0.2) is 5.82 Å². The van der Waals surface area contributed by atoms with Crippen molar-refractivity contribution in [3.63, 3.8) is 0 Å². The Morgan fingerprint density at radius 2 is 2.12 bits per heavy atom. The summed E-state index contributed by atoms with van der Waals surface area (Å²) < 4.78 is 1.63. The number of anilines is 1. The van der Waals surface area contributed by atoms with Gasteiger partial charge in [-0.3, -0.25) is 10.00 Å². The van der Waals surface area contributed by atoms with E-state index in [4.69, 9.17) is 0 Å². The average Bonchev–Trinajstić information content (AvgIpc) is 2.98. The summed E-state index contributed by atoms with van der Waals surface area (Å²) in [5.41, 5.74) is 1.26. The van der Waals surface area contributed by atoms with Crippen LogP contribution in [0.1, 0.15) is 31.0 Å². The highest BCUT2D eigenvalue weighted by molar-refractivity contribution is 5.89. The predicted molar refractivity (Wildman–Crippen MR) is 90.3 cm³/mol. The standard InChI is InChI=1S/C17H21N5O2/c1-13(2)22-12-15(10-18)16(20-22)19-17(24)21(8-9-23)11-14-6-4-3-5-7-14/h3-7,12-13,23H,8-9,11H2,1-2H3,(H,19,20,24). The number of aromatic nitrogens is 2. The molecule has 1 heterocycles. The molecule has 1 aromatic carbocycles. The van der Waals surface area contributed by atoms with E-state index in [1.165, 1.54) is 4.90 Å². The Morgan fingerprint density at radius 3 is 2.71 bits per heavy atom. The molecule has 1 aromatic heterocycles. The second-order valence-electron chi connectivity index (χ2n) is 5.64. The van der Waals surface area contributed by atoms with Gasteiger partial charge in [0.25, 0.3) is 0 Å². The summed E-state index contributed by atoms with van der Waals surface area (Å²) in [4.78, 5) is 14.0. The Kier molecular flexibility index (Phi) is 5.93. The molecule has 2 aromatic rings. The van der Waals surface area contributed by atoms with Gasteiger partial charge < -0.3 is 10.0 Å². The lowest BCUT2D eigenvalue weighted by molar-refractivity contribution is 0.185. The molecule has 0 aliphatic heterocycles. The number of hydrogen-bond acceptors (Lipinski definition) is 4. The van der Waals surface area contributed by atoms with E-state index in [2.05, 4.69) is 10.4 Å². The maximum Gasteiger partial charge on any atom is 0.323 e. The lowest BCUT2D eigenvalue weighted by Gasteiger charge is -2.21. The largest absolute Gasteiger partial charge is 0.395 e. The van der Waals surface area contributed by atoms with Crippen molar-refractivity contribution in [2.24, 2.45) is 0 Å². The number of carbonyl (C=O) groups is 1. The number of hydrogen-bond donors (Lipinski definition) is 2. The number of carbonyl (C=O) groups excluding carboxylic acids is 1. The van der Waals surface area contributed by atoms with Crippen molar-refractivity contribution in [1.82, 2.24) is 14.7 Å². The van der Waals surface area contributed by atoms with Crippen molar-refractivity contribution in [1.29, 1.82) is 5.26 Å². The van der Waals surface area contributed by atoms with E-state index in [-0.39, 0.29) is 25.0 Å². The summed E-state index contributed by atoms with van der Waals surface area (Å²) >= 11 is 0. The quantitative estimate of drug-likeness (QED) is 0.851. The van der Waals surface area contributed by atoms with E-state index in [0.29, 0.717) is 12.1 Å². The van der Waals surface area contributed by atoms with Crippen molar-refractivity contribution >= 4 is 11.8 Å². The van der Waals surface area contributed by atoms with E-state index < -0.39 is 6.03 Å². The highest BCUT2D eigenvalue weighted by Gasteiger charge is 2.18. The highest BCUT2D eigenvalue weighted by atomic mass is 16.3. The van der Waals surface area contributed by atoms with Crippen LogP contribution < -0.4 is 5.32 Å². The Morgan fingerprint density at radius 1 is 1.42 bits per heavy atom. The van der Waals surface area contributed by atoms with Crippen LogP contribution in [0.25, 0.3) is 0 Å². The molecule has 2 N–H and O–H groups in total. The number of nitrogens with zero attached hydrogens (tertiary/aromatic N) is 4. The van der Waals surface area contributed by atoms with Crippen LogP contribution in [0, 0.1) is 11.3 Å². The summed E-state index contributed by atoms with van der Waals surface area (Å²) in [5, 5.41) is 25.3. The minimum atomic E-state index is -0.404. The first kappa shape index (κ1) is 17.5. The van der Waals surface area contributed by atoms with Gasteiger partial charge in [-0.05, 0) is 19.4 Å². The number of amides is 2. The molecule has 2 amide bonds. The zero-order valence-corrected chi connectivity index (χ0v) is 13.8. The summed E-state index contributed by atoms with van der Waals surface area (Å²) in [6.45, 7) is 4.28. The minimum Gasteiger partial charge on any atom is -0.395 e. The molecule has 0 radical (unpaired) electrons. The van der Waals surface area contributed by atoms with Gasteiger partial charge in [-0.2, -0.15) is 10.4 Å². The molecule has 0 atom stereocenters. The van der Waals surface area contributed by atoms with Gasteiger partial charge in [-0.1, -0.05) is 30.3 Å². The third-order valence-corrected chi connectivity index (χ3v) is 3.48. The van der Waals surface area contributed by atoms with Gasteiger partial charge in [0.2, 0.25) is 0 Å². The molecule has 7 nitrogen and oxygen atoms in total. The average molecular weight is 327 g/mol. The summed E-state index contributed by atoms with van der Waals surface area (Å²) in [6, 6.07) is 11.2. The molecule has 0 saturated carbocycles. The van der Waals surface area contributed by atoms with E-state index in [0.717, 1.165) is 5.56 Å². The van der Waals surface area contributed by atoms with Gasteiger partial charge in [-0.25, -0.2) is 4.79 Å². The SMILES string of the molecule is CC(C)n1cc(C#N)c(NC(=O)N(CCO)Cc2ccccc2)n1. The van der Waals surface area contributed by atoms with E-state index in [1.54, 1.807) is 10.9 Å². The molecule has 0 unspecified atom stereocenters. The van der Waals surface area contributed by atoms with Crippen molar-refractivity contribution in [3.8, 4) is 6.07 Å². The van der Waals surface area contributed by atoms with Crippen molar-refractivity contribution in [3.05, 3.63) is 47.7 Å². The maximum absolute atomic E-state index is 12.5. The molecule has 126 valence electrons. The van der Waals surface area contributed by atoms with Crippen LogP contribution in [0.2, 0.25) is 0 Å². The van der Waals surface area contributed by atoms with Crippen molar-refractivity contribution in [2.75, 3.05) is 18.5 Å². The van der Waals surface area contributed by atoms with Crippen LogP contribution in [0.15, 0.2) is 36.5 Å². The molecule has 7 heteroatoms. The van der Waals surface area contributed by atoms with Crippen LogP contribution in [-0.2, 0) is 6.54 Å². The molecule has 0 aliphatic rings. The zero-order chi connectivity index (χ0) is 17.5. The molecule has 0 saturated heterocycles. The fourth-order valence-electron chi connectivity index (χ4n) is 2.19. The van der Waals surface area contributed by atoms with Gasteiger partial charge in [0, 0.05) is 25.3 Å². The number of nitrogens with one attached hydrogen (secondary N) is 1. The highest BCUT2D eigenvalue weighted by Crippen LogP contribution is 2.16. The van der Waals surface area contributed by atoms with Crippen LogP contribution in [0.3, 0.4) is 0 Å². The molecule has 24 heavy (non-hydrogen) atoms. The number of urea groups is 1. The molecule has 0 bridgehead atoms. The smallest absolute Gasteiger partial charge is 0.323 e. The predicted octanol–water partition coefficient (Wildman–Crippen LogP) is 2.36. The topological polar surface area (TPSA) is 94.2 Å². The fraction of sp³-hybridized carbons (Fsp3) is 0.353. The van der Waals surface area contributed by atoms with Gasteiger partial charge in [0.1, 0.15) is 11.6 Å². The van der Waals surface area contributed by atoms with Gasteiger partial charge in [0.05, 0.1) is 6.61 Å². The van der Waals surface area contributed by atoms with Gasteiger partial charge in [-0.15, -0.1) is 0 Å². The maximum atomic E-state index is 12.5. The summed E-state index contributed by atoms with van der Waals surface area (Å²) in [6.07, 6.45) is 1.61. The van der Waals surface area contributed by atoms with Crippen LogP contribution in [0.4, 0.5) is 10.6 Å². The third kappa shape index (κ3) is 4.33. The molecule has 0 aliphatic carbocycles. The van der Waals surface area contributed by atoms with E-state index in [9.17, 15) is 15.2 Å². The summed E-state index contributed by atoms with van der Waals surface area (Å²) in [5.74, 6) is 0.229. The third-order valence-electron chi connectivity index (χ3n) is 3.48. The zero-order valence-electron chi connectivity index (χ0n) is 13.8. The molecule has 0 fully saturated rings. The number of aliphatic hydroxyl groups is 1. The Balaban J connectivity index is 2.14. The number of nitriles is 1. The van der Waals surface area contributed by atoms with Crippen molar-refractivity contribution in [2.45, 2.75) is 26.4 Å². The van der Waals surface area contributed by atoms with E-state index in [1.807, 2.05) is 50.2 Å². The van der Waals surface area contributed by atoms with Crippen LogP contribution in [0.5, 0.6) is 0 Å². The number of aliphatic hydroxyl groups excluding tert-OH is 1. The fourth-order valence-corrected chi connectivity index (χ4v) is 2.19. The van der Waals surface area contributed by atoms with Crippen molar-refractivity contribution < 1.29 is 9.90 Å². The first-order valence-corrected chi connectivity index (χ1v) is 7.75. The normalized spacial score (nSPS) is 10.5. The molecule has 0 spiro atoms. The Hall–Kier alpha value is -2.85. The number of benzene rings is 1. The van der Waals surface area contributed by atoms with E-state index >= 15 is 0 Å². The van der Waals surface area contributed by atoms with Crippen LogP contribution >= 0.6 is 0 Å². The second-order valence-corrected chi connectivity index (χ2v) is 5.64. The molecule has 2 rings (SSSR count). The first-order valence-electron chi connectivity index (χ1n) is 7.75. The molecular formula is C17H21N5O2. The lowest BCUT2D eigenvalue weighted by atomic mass is 10.2. The lowest BCUT2D eigenvalue weighted by Crippen LogP contribution is -2.36. The second kappa shape index (κ2) is 8.13. The number of rotatable bonds is 6. The minimum absolute atomic E-state index is 0.0839. The van der Waals surface area contributed by atoms with Crippen LogP contribution in [-0.4, -0.2) is 39.0 Å². The molecular weight excluding hydrogens is 306 g/mol. The summed E-state index contributed by atoms with van der Waals surface area (Å²) in [7, 11) is 0. The van der Waals surface area contributed by atoms with Gasteiger partial charge >= 0.3 is 6.03 Å².